The van der Waals surface area contributed by atoms with Gasteiger partial charge in [-0.25, -0.2) is 4.39 Å². The van der Waals surface area contributed by atoms with Gasteiger partial charge in [-0.05, 0) is 48.6 Å². The fraction of sp³-hybridized carbons (Fsp3) is 0.261. The summed E-state index contributed by atoms with van der Waals surface area (Å²) in [7, 11) is 0. The lowest BCUT2D eigenvalue weighted by molar-refractivity contribution is -0.154. The van der Waals surface area contributed by atoms with Crippen molar-refractivity contribution in [1.29, 1.82) is 0 Å². The molecule has 11 heteroatoms. The molecule has 4 rings (SSSR count). The number of carbonyl (C=O) groups excluding carboxylic acids is 2. The molecule has 0 radical (unpaired) electrons. The van der Waals surface area contributed by atoms with Crippen LogP contribution in [0, 0.1) is 11.2 Å². The van der Waals surface area contributed by atoms with Gasteiger partial charge in [-0.3, -0.25) is 14.4 Å². The van der Waals surface area contributed by atoms with Crippen molar-refractivity contribution in [2.75, 3.05) is 6.54 Å². The minimum Gasteiger partial charge on any atom is -0.480 e. The van der Waals surface area contributed by atoms with Crippen molar-refractivity contribution in [3.8, 4) is 11.1 Å². The van der Waals surface area contributed by atoms with Crippen LogP contribution in [0.2, 0.25) is 5.02 Å². The molecule has 2 aromatic carbocycles. The predicted octanol–water partition coefficient (Wildman–Crippen LogP) is 2.59. The molecule has 176 valence electrons. The van der Waals surface area contributed by atoms with Crippen molar-refractivity contribution in [1.82, 2.24) is 26.0 Å². The number of hydrogen-bond donors (Lipinski definition) is 4. The summed E-state index contributed by atoms with van der Waals surface area (Å²) in [6.45, 7) is 0.245. The number of amides is 2. The molecule has 1 aliphatic rings. The SMILES string of the molecule is O=C(N[C@H](Cc1ccc(-c2cc(Cl)ccc2F)cc1)CC1(C(=O)O)CCNC1=O)c1cn[nH]n1. The molecule has 1 aliphatic heterocycles. The Morgan fingerprint density at radius 1 is 1.24 bits per heavy atom. The number of benzene rings is 2. The van der Waals surface area contributed by atoms with E-state index in [0.29, 0.717) is 16.1 Å². The maximum atomic E-state index is 14.2. The van der Waals surface area contributed by atoms with Crippen molar-refractivity contribution in [2.45, 2.75) is 25.3 Å². The van der Waals surface area contributed by atoms with Crippen molar-refractivity contribution >= 4 is 29.4 Å². The Kier molecular flexibility index (Phi) is 6.60. The smallest absolute Gasteiger partial charge is 0.319 e. The van der Waals surface area contributed by atoms with Gasteiger partial charge in [0, 0.05) is 23.2 Å². The maximum absolute atomic E-state index is 14.2. The Morgan fingerprint density at radius 2 is 2.00 bits per heavy atom. The fourth-order valence-electron chi connectivity index (χ4n) is 4.15. The molecule has 0 spiro atoms. The Balaban J connectivity index is 1.58. The van der Waals surface area contributed by atoms with E-state index in [-0.39, 0.29) is 31.5 Å². The van der Waals surface area contributed by atoms with E-state index in [0.717, 1.165) is 5.56 Å². The number of carbonyl (C=O) groups is 3. The summed E-state index contributed by atoms with van der Waals surface area (Å²) in [5, 5.41) is 25.3. The third-order valence-corrected chi connectivity index (χ3v) is 6.17. The number of nitrogens with one attached hydrogen (secondary N) is 3. The molecule has 0 bridgehead atoms. The molecule has 4 N–H and O–H groups in total. The monoisotopic (exact) mass is 485 g/mol. The van der Waals surface area contributed by atoms with Gasteiger partial charge in [0.1, 0.15) is 11.2 Å². The standard InChI is InChI=1S/C23H21ClFN5O4/c24-15-5-6-18(25)17(10-15)14-3-1-13(2-4-14)9-16(28-20(31)19-12-27-30-29-19)11-23(22(33)34)7-8-26-21(23)32/h1-6,10,12,16H,7-9,11H2,(H,26,32)(H,28,31)(H,33,34)(H,27,29,30)/t16-,23?/m1/s1. The zero-order valence-corrected chi connectivity index (χ0v) is 18.6. The Bertz CT molecular complexity index is 1220. The normalized spacial score (nSPS) is 18.4. The summed E-state index contributed by atoms with van der Waals surface area (Å²) < 4.78 is 14.2. The molecule has 0 aliphatic carbocycles. The quantitative estimate of drug-likeness (QED) is 0.362. The number of halogens is 2. The molecule has 9 nitrogen and oxygen atoms in total. The van der Waals surface area contributed by atoms with E-state index >= 15 is 0 Å². The van der Waals surface area contributed by atoms with Crippen LogP contribution >= 0.6 is 11.6 Å². The molecule has 2 heterocycles. The third-order valence-electron chi connectivity index (χ3n) is 5.93. The molecule has 1 aromatic heterocycles. The van der Waals surface area contributed by atoms with Crippen LogP contribution in [0.5, 0.6) is 0 Å². The van der Waals surface area contributed by atoms with Crippen LogP contribution < -0.4 is 10.6 Å². The van der Waals surface area contributed by atoms with E-state index in [4.69, 9.17) is 11.6 Å². The zero-order valence-electron chi connectivity index (χ0n) is 17.8. The number of aromatic nitrogens is 3. The number of carboxylic acid groups (broad SMARTS) is 1. The number of aromatic amines is 1. The molecule has 34 heavy (non-hydrogen) atoms. The van der Waals surface area contributed by atoms with E-state index in [1.807, 2.05) is 0 Å². The summed E-state index contributed by atoms with van der Waals surface area (Å²) >= 11 is 5.99. The second kappa shape index (κ2) is 9.60. The second-order valence-corrected chi connectivity index (χ2v) is 8.58. The minimum atomic E-state index is -1.65. The number of hydrogen-bond acceptors (Lipinski definition) is 5. The first-order valence-electron chi connectivity index (χ1n) is 10.5. The largest absolute Gasteiger partial charge is 0.480 e. The van der Waals surface area contributed by atoms with Crippen molar-refractivity contribution < 1.29 is 23.9 Å². The van der Waals surface area contributed by atoms with E-state index in [1.54, 1.807) is 24.3 Å². The lowest BCUT2D eigenvalue weighted by Gasteiger charge is -2.27. The van der Waals surface area contributed by atoms with Gasteiger partial charge in [-0.2, -0.15) is 15.4 Å². The topological polar surface area (TPSA) is 137 Å². The molecule has 1 fully saturated rings. The molecule has 3 aromatic rings. The molecule has 1 saturated heterocycles. The number of H-pyrrole nitrogens is 1. The average molecular weight is 486 g/mol. The Hall–Kier alpha value is -3.79. The maximum Gasteiger partial charge on any atom is 0.319 e. The summed E-state index contributed by atoms with van der Waals surface area (Å²) in [4.78, 5) is 37.1. The molecule has 2 atom stereocenters. The lowest BCUT2D eigenvalue weighted by Crippen LogP contribution is -2.47. The molecule has 1 unspecified atom stereocenters. The van der Waals surface area contributed by atoms with Gasteiger partial charge in [0.2, 0.25) is 5.91 Å². The molecule has 2 amide bonds. The van der Waals surface area contributed by atoms with Gasteiger partial charge in [-0.15, -0.1) is 0 Å². The highest BCUT2D eigenvalue weighted by Gasteiger charge is 2.50. The second-order valence-electron chi connectivity index (χ2n) is 8.15. The van der Waals surface area contributed by atoms with Gasteiger partial charge < -0.3 is 15.7 Å². The number of carboxylic acids is 1. The highest BCUT2D eigenvalue weighted by molar-refractivity contribution is 6.30. The zero-order chi connectivity index (χ0) is 24.3. The summed E-state index contributed by atoms with van der Waals surface area (Å²) in [5.74, 6) is -2.77. The minimum absolute atomic E-state index is 0.0389. The van der Waals surface area contributed by atoms with Crippen molar-refractivity contribution in [3.05, 3.63) is 70.8 Å². The van der Waals surface area contributed by atoms with Crippen molar-refractivity contribution in [2.24, 2.45) is 5.41 Å². The first-order chi connectivity index (χ1) is 16.3. The summed E-state index contributed by atoms with van der Waals surface area (Å²) in [5.41, 5.74) is 0.116. The number of aliphatic carboxylic acids is 1. The lowest BCUT2D eigenvalue weighted by atomic mass is 9.78. The molecular weight excluding hydrogens is 465 g/mol. The van der Waals surface area contributed by atoms with E-state index < -0.39 is 35.1 Å². The first kappa shape index (κ1) is 23.4. The van der Waals surface area contributed by atoms with Gasteiger partial charge in [0.25, 0.3) is 5.91 Å². The summed E-state index contributed by atoms with van der Waals surface area (Å²) in [6.07, 6.45) is 1.49. The van der Waals surface area contributed by atoms with Crippen LogP contribution in [0.3, 0.4) is 0 Å². The number of nitrogens with zero attached hydrogens (tertiary/aromatic N) is 2. The van der Waals surface area contributed by atoms with Gasteiger partial charge in [0.15, 0.2) is 5.69 Å². The highest BCUT2D eigenvalue weighted by atomic mass is 35.5. The molecule has 0 saturated carbocycles. The predicted molar refractivity (Wildman–Crippen MR) is 120 cm³/mol. The molecular formula is C23H21ClFN5O4. The van der Waals surface area contributed by atoms with Crippen LogP contribution in [0.15, 0.2) is 48.7 Å². The average Bonchev–Trinajstić information content (AvgIpc) is 3.47. The van der Waals surface area contributed by atoms with Crippen LogP contribution in [0.25, 0.3) is 11.1 Å². The number of rotatable bonds is 8. The van der Waals surface area contributed by atoms with Crippen LogP contribution in [0.4, 0.5) is 4.39 Å². The van der Waals surface area contributed by atoms with E-state index in [9.17, 15) is 23.9 Å². The fourth-order valence-corrected chi connectivity index (χ4v) is 4.32. The van der Waals surface area contributed by atoms with Gasteiger partial charge in [-0.1, -0.05) is 35.9 Å². The van der Waals surface area contributed by atoms with Crippen LogP contribution in [-0.4, -0.2) is 50.9 Å². The Morgan fingerprint density at radius 3 is 2.62 bits per heavy atom. The van der Waals surface area contributed by atoms with Gasteiger partial charge in [0.05, 0.1) is 6.20 Å². The van der Waals surface area contributed by atoms with Crippen LogP contribution in [0.1, 0.15) is 28.9 Å². The van der Waals surface area contributed by atoms with Crippen molar-refractivity contribution in [3.63, 3.8) is 0 Å². The van der Waals surface area contributed by atoms with E-state index in [1.165, 1.54) is 24.4 Å². The van der Waals surface area contributed by atoms with Crippen LogP contribution in [-0.2, 0) is 16.0 Å². The highest BCUT2D eigenvalue weighted by Crippen LogP contribution is 2.34. The third kappa shape index (κ3) is 4.76. The van der Waals surface area contributed by atoms with E-state index in [2.05, 4.69) is 26.0 Å². The summed E-state index contributed by atoms with van der Waals surface area (Å²) in [6, 6.07) is 10.5. The van der Waals surface area contributed by atoms with Gasteiger partial charge >= 0.3 is 5.97 Å². The first-order valence-corrected chi connectivity index (χ1v) is 10.9. The Labute approximate surface area is 198 Å².